The number of thioether (sulfide) groups is 1. The van der Waals surface area contributed by atoms with E-state index in [2.05, 4.69) is 5.32 Å². The molecule has 0 aliphatic carbocycles. The number of benzene rings is 1. The van der Waals surface area contributed by atoms with E-state index in [-0.39, 0.29) is 18.4 Å². The number of hydrogen-bond donors (Lipinski definition) is 1. The zero-order valence-corrected chi connectivity index (χ0v) is 11.0. The molecule has 1 aliphatic rings. The molecule has 1 aromatic rings. The van der Waals surface area contributed by atoms with E-state index in [0.717, 1.165) is 16.2 Å². The van der Waals surface area contributed by atoms with E-state index < -0.39 is 5.97 Å². The molecule has 1 aromatic carbocycles. The van der Waals surface area contributed by atoms with Crippen molar-refractivity contribution in [3.8, 4) is 0 Å². The third kappa shape index (κ3) is 2.85. The van der Waals surface area contributed by atoms with Crippen LogP contribution in [0.25, 0.3) is 0 Å². The number of rotatable bonds is 4. The van der Waals surface area contributed by atoms with Crippen LogP contribution < -0.4 is 5.32 Å². The van der Waals surface area contributed by atoms with Gasteiger partial charge in [-0.2, -0.15) is 0 Å². The van der Waals surface area contributed by atoms with Gasteiger partial charge in [0, 0.05) is 10.6 Å². The second kappa shape index (κ2) is 5.91. The third-order valence-electron chi connectivity index (χ3n) is 2.73. The van der Waals surface area contributed by atoms with Crippen LogP contribution in [0.1, 0.15) is 18.4 Å². The Balaban J connectivity index is 1.93. The van der Waals surface area contributed by atoms with Crippen LogP contribution in [0.2, 0.25) is 0 Å². The van der Waals surface area contributed by atoms with Crippen LogP contribution >= 0.6 is 11.8 Å². The Morgan fingerprint density at radius 1 is 1.44 bits per heavy atom. The van der Waals surface area contributed by atoms with E-state index in [1.807, 2.05) is 24.3 Å². The largest absolute Gasteiger partial charge is 0.465 e. The summed E-state index contributed by atoms with van der Waals surface area (Å²) in [7, 11) is 0. The molecule has 18 heavy (non-hydrogen) atoms. The van der Waals surface area contributed by atoms with Gasteiger partial charge in [-0.25, -0.2) is 0 Å². The highest BCUT2D eigenvalue weighted by atomic mass is 32.2. The number of esters is 1. The average molecular weight is 265 g/mol. The van der Waals surface area contributed by atoms with Crippen molar-refractivity contribution in [1.29, 1.82) is 0 Å². The quantitative estimate of drug-likeness (QED) is 0.839. The van der Waals surface area contributed by atoms with Crippen LogP contribution in [0, 0.1) is 0 Å². The summed E-state index contributed by atoms with van der Waals surface area (Å²) in [6, 6.07) is 7.86. The van der Waals surface area contributed by atoms with Crippen molar-refractivity contribution in [2.45, 2.75) is 17.7 Å². The maximum atomic E-state index is 12.0. The Labute approximate surface area is 110 Å². The summed E-state index contributed by atoms with van der Waals surface area (Å²) >= 11 is 1.67. The van der Waals surface area contributed by atoms with E-state index in [1.54, 1.807) is 18.7 Å². The first-order valence-electron chi connectivity index (χ1n) is 5.87. The first-order chi connectivity index (χ1) is 8.72. The molecule has 5 heteroatoms. The summed E-state index contributed by atoms with van der Waals surface area (Å²) in [6.07, 6.45) is 0. The lowest BCUT2D eigenvalue weighted by Crippen LogP contribution is -2.34. The molecule has 2 rings (SSSR count). The smallest absolute Gasteiger partial charge is 0.325 e. The zero-order valence-electron chi connectivity index (χ0n) is 10.1. The summed E-state index contributed by atoms with van der Waals surface area (Å²) in [4.78, 5) is 24.3. The van der Waals surface area contributed by atoms with Gasteiger partial charge >= 0.3 is 5.97 Å². The molecule has 0 aromatic heterocycles. The standard InChI is InChI=1S/C13H15NO3S/c1-2-17-12(15)7-14-13(16)10-8-18-11-6-4-3-5-9(10)11/h3-6,10H,2,7-8H2,1H3,(H,14,16). The Morgan fingerprint density at radius 3 is 3.00 bits per heavy atom. The van der Waals surface area contributed by atoms with E-state index in [1.165, 1.54) is 0 Å². The highest BCUT2D eigenvalue weighted by Crippen LogP contribution is 2.39. The normalized spacial score (nSPS) is 17.1. The van der Waals surface area contributed by atoms with Gasteiger partial charge in [0.05, 0.1) is 12.5 Å². The average Bonchev–Trinajstić information content (AvgIpc) is 2.80. The second-order valence-corrected chi connectivity index (χ2v) is 4.99. The first-order valence-corrected chi connectivity index (χ1v) is 6.86. The molecular weight excluding hydrogens is 250 g/mol. The van der Waals surface area contributed by atoms with Gasteiger partial charge in [-0.1, -0.05) is 18.2 Å². The molecule has 1 aliphatic heterocycles. The SMILES string of the molecule is CCOC(=O)CNC(=O)C1CSc2ccccc21. The molecule has 1 amide bonds. The lowest BCUT2D eigenvalue weighted by molar-refractivity contribution is -0.143. The summed E-state index contributed by atoms with van der Waals surface area (Å²) in [5, 5.41) is 2.62. The fourth-order valence-corrected chi connectivity index (χ4v) is 3.10. The van der Waals surface area contributed by atoms with Crippen LogP contribution in [0.3, 0.4) is 0 Å². The molecule has 0 saturated heterocycles. The van der Waals surface area contributed by atoms with Crippen molar-refractivity contribution >= 4 is 23.6 Å². The van der Waals surface area contributed by atoms with Crippen LogP contribution in [-0.4, -0.2) is 30.8 Å². The number of amides is 1. The summed E-state index contributed by atoms with van der Waals surface area (Å²) in [5.41, 5.74) is 1.05. The minimum absolute atomic E-state index is 0.0595. The van der Waals surface area contributed by atoms with Gasteiger partial charge in [0.15, 0.2) is 0 Å². The number of nitrogens with one attached hydrogen (secondary N) is 1. The molecule has 96 valence electrons. The van der Waals surface area contributed by atoms with Crippen molar-refractivity contribution in [2.24, 2.45) is 0 Å². The van der Waals surface area contributed by atoms with E-state index >= 15 is 0 Å². The predicted molar refractivity (Wildman–Crippen MR) is 69.5 cm³/mol. The Kier molecular flexibility index (Phi) is 4.25. The maximum absolute atomic E-state index is 12.0. The van der Waals surface area contributed by atoms with Crippen LogP contribution in [-0.2, 0) is 14.3 Å². The summed E-state index contributed by atoms with van der Waals surface area (Å²) < 4.78 is 4.77. The Bertz CT molecular complexity index is 461. The minimum atomic E-state index is -0.398. The topological polar surface area (TPSA) is 55.4 Å². The highest BCUT2D eigenvalue weighted by Gasteiger charge is 2.28. The molecule has 1 unspecified atom stereocenters. The number of ether oxygens (including phenoxy) is 1. The number of hydrogen-bond acceptors (Lipinski definition) is 4. The van der Waals surface area contributed by atoms with Crippen LogP contribution in [0.5, 0.6) is 0 Å². The van der Waals surface area contributed by atoms with Gasteiger partial charge in [0.2, 0.25) is 5.91 Å². The Hall–Kier alpha value is -1.49. The van der Waals surface area contributed by atoms with Crippen molar-refractivity contribution in [3.63, 3.8) is 0 Å². The minimum Gasteiger partial charge on any atom is -0.465 e. The number of carbonyl (C=O) groups excluding carboxylic acids is 2. The molecule has 0 radical (unpaired) electrons. The second-order valence-electron chi connectivity index (χ2n) is 3.92. The molecule has 1 atom stereocenters. The van der Waals surface area contributed by atoms with Crippen molar-refractivity contribution in [3.05, 3.63) is 29.8 Å². The monoisotopic (exact) mass is 265 g/mol. The summed E-state index contributed by atoms with van der Waals surface area (Å²) in [6.45, 7) is 2.01. The van der Waals surface area contributed by atoms with Gasteiger partial charge < -0.3 is 10.1 Å². The molecule has 0 spiro atoms. The lowest BCUT2D eigenvalue weighted by Gasteiger charge is -2.11. The van der Waals surface area contributed by atoms with Gasteiger partial charge in [-0.3, -0.25) is 9.59 Å². The molecule has 1 heterocycles. The third-order valence-corrected chi connectivity index (χ3v) is 3.91. The van der Waals surface area contributed by atoms with Crippen LogP contribution in [0.4, 0.5) is 0 Å². The summed E-state index contributed by atoms with van der Waals surface area (Å²) in [5.74, 6) is 0.0551. The van der Waals surface area contributed by atoms with E-state index in [0.29, 0.717) is 6.61 Å². The molecule has 0 saturated carbocycles. The van der Waals surface area contributed by atoms with Crippen LogP contribution in [0.15, 0.2) is 29.2 Å². The molecule has 1 N–H and O–H groups in total. The van der Waals surface area contributed by atoms with Gasteiger partial charge in [-0.15, -0.1) is 11.8 Å². The van der Waals surface area contributed by atoms with E-state index in [4.69, 9.17) is 4.74 Å². The van der Waals surface area contributed by atoms with Gasteiger partial charge in [0.25, 0.3) is 0 Å². The van der Waals surface area contributed by atoms with Gasteiger partial charge in [-0.05, 0) is 18.6 Å². The molecule has 4 nitrogen and oxygen atoms in total. The number of carbonyl (C=O) groups is 2. The van der Waals surface area contributed by atoms with Crippen molar-refractivity contribution < 1.29 is 14.3 Å². The molecular formula is C13H15NO3S. The first kappa shape index (κ1) is 13.0. The molecule has 0 bridgehead atoms. The highest BCUT2D eigenvalue weighted by molar-refractivity contribution is 7.99. The van der Waals surface area contributed by atoms with Gasteiger partial charge in [0.1, 0.15) is 6.54 Å². The number of fused-ring (bicyclic) bond motifs is 1. The zero-order chi connectivity index (χ0) is 13.0. The maximum Gasteiger partial charge on any atom is 0.325 e. The fraction of sp³-hybridized carbons (Fsp3) is 0.385. The molecule has 0 fully saturated rings. The van der Waals surface area contributed by atoms with Crippen molar-refractivity contribution in [1.82, 2.24) is 5.32 Å². The van der Waals surface area contributed by atoms with Crippen molar-refractivity contribution in [2.75, 3.05) is 18.9 Å². The lowest BCUT2D eigenvalue weighted by atomic mass is 10.0. The Morgan fingerprint density at radius 2 is 2.22 bits per heavy atom. The predicted octanol–water partition coefficient (Wildman–Crippen LogP) is 1.56. The fourth-order valence-electron chi connectivity index (χ4n) is 1.87. The van der Waals surface area contributed by atoms with E-state index in [9.17, 15) is 9.59 Å².